The zero-order valence-corrected chi connectivity index (χ0v) is 11.6. The van der Waals surface area contributed by atoms with Crippen LogP contribution in [0, 0.1) is 0 Å². The zero-order chi connectivity index (χ0) is 14.4. The molecular weight excluding hydrogens is 260 g/mol. The van der Waals surface area contributed by atoms with Crippen molar-refractivity contribution in [3.8, 4) is 0 Å². The van der Waals surface area contributed by atoms with Crippen molar-refractivity contribution in [3.63, 3.8) is 0 Å². The monoisotopic (exact) mass is 274 g/mol. The van der Waals surface area contributed by atoms with E-state index in [1.54, 1.807) is 4.90 Å². The number of fused-ring (bicyclic) bond motifs is 2. The number of amides is 1. The van der Waals surface area contributed by atoms with E-state index in [-0.39, 0.29) is 5.91 Å². The number of nitrogens with one attached hydrogen (secondary N) is 1. The van der Waals surface area contributed by atoms with Gasteiger partial charge in [0.1, 0.15) is 0 Å². The Kier molecular flexibility index (Phi) is 2.48. The topological polar surface area (TPSA) is 36.1 Å². The first-order chi connectivity index (χ1) is 10.3. The Bertz CT molecular complexity index is 889. The van der Waals surface area contributed by atoms with Crippen LogP contribution >= 0.6 is 0 Å². The summed E-state index contributed by atoms with van der Waals surface area (Å²) in [5.41, 5.74) is 4.83. The summed E-state index contributed by atoms with van der Waals surface area (Å²) in [6.07, 6.45) is 3.93. The number of para-hydroxylation sites is 2. The van der Waals surface area contributed by atoms with Gasteiger partial charge in [0.2, 0.25) is 0 Å². The number of aromatic nitrogens is 1. The summed E-state index contributed by atoms with van der Waals surface area (Å²) in [7, 11) is 1.82. The van der Waals surface area contributed by atoms with Gasteiger partial charge in [0.15, 0.2) is 0 Å². The van der Waals surface area contributed by atoms with Crippen LogP contribution < -0.4 is 4.90 Å². The minimum absolute atomic E-state index is 0.0430. The number of H-pyrrole nitrogens is 1. The molecule has 1 amide bonds. The zero-order valence-electron chi connectivity index (χ0n) is 11.6. The van der Waals surface area contributed by atoms with E-state index in [2.05, 4.69) is 11.1 Å². The summed E-state index contributed by atoms with van der Waals surface area (Å²) in [6, 6.07) is 16.0. The molecule has 1 N–H and O–H groups in total. The Hall–Kier alpha value is -2.81. The molecule has 0 saturated heterocycles. The van der Waals surface area contributed by atoms with Gasteiger partial charge in [0, 0.05) is 40.8 Å². The molecule has 1 aromatic heterocycles. The normalized spacial score (nSPS) is 16.0. The smallest absolute Gasteiger partial charge is 0.258 e. The van der Waals surface area contributed by atoms with Crippen molar-refractivity contribution < 1.29 is 4.79 Å². The van der Waals surface area contributed by atoms with Crippen LogP contribution in [0.1, 0.15) is 11.1 Å². The van der Waals surface area contributed by atoms with Crippen LogP contribution in [-0.4, -0.2) is 17.9 Å². The van der Waals surface area contributed by atoms with Gasteiger partial charge < -0.3 is 9.88 Å². The second kappa shape index (κ2) is 4.35. The Labute approximate surface area is 122 Å². The summed E-state index contributed by atoms with van der Waals surface area (Å²) in [6.45, 7) is 0. The molecule has 102 valence electrons. The van der Waals surface area contributed by atoms with Gasteiger partial charge in [-0.05, 0) is 18.2 Å². The van der Waals surface area contributed by atoms with Gasteiger partial charge in [-0.3, -0.25) is 4.79 Å². The number of likely N-dealkylation sites (N-methyl/N-ethyl adjacent to an activating group) is 1. The maximum absolute atomic E-state index is 12.5. The number of anilines is 1. The van der Waals surface area contributed by atoms with E-state index in [9.17, 15) is 4.79 Å². The second-order valence-corrected chi connectivity index (χ2v) is 5.23. The molecule has 0 atom stereocenters. The molecule has 0 unspecified atom stereocenters. The molecule has 1 aliphatic rings. The van der Waals surface area contributed by atoms with Gasteiger partial charge >= 0.3 is 0 Å². The first kappa shape index (κ1) is 12.0. The third-order valence-electron chi connectivity index (χ3n) is 4.01. The average Bonchev–Trinajstić information content (AvgIpc) is 3.04. The molecule has 4 rings (SSSR count). The van der Waals surface area contributed by atoms with Crippen molar-refractivity contribution in [2.45, 2.75) is 0 Å². The van der Waals surface area contributed by atoms with Crippen molar-refractivity contribution in [1.29, 1.82) is 0 Å². The molecule has 3 heteroatoms. The number of carbonyl (C=O) groups excluding carboxylic acids is 1. The largest absolute Gasteiger partial charge is 0.361 e. The van der Waals surface area contributed by atoms with Gasteiger partial charge in [-0.2, -0.15) is 0 Å². The van der Waals surface area contributed by atoms with E-state index in [0.717, 1.165) is 33.3 Å². The Morgan fingerprint density at radius 2 is 1.81 bits per heavy atom. The number of aromatic amines is 1. The maximum atomic E-state index is 12.5. The lowest BCUT2D eigenvalue weighted by Crippen LogP contribution is -2.20. The fourth-order valence-corrected chi connectivity index (χ4v) is 2.91. The minimum Gasteiger partial charge on any atom is -0.361 e. The number of nitrogens with zero attached hydrogens (tertiary/aromatic N) is 1. The Morgan fingerprint density at radius 1 is 1.05 bits per heavy atom. The Balaban J connectivity index is 1.92. The Morgan fingerprint density at radius 3 is 2.71 bits per heavy atom. The highest BCUT2D eigenvalue weighted by Gasteiger charge is 2.29. The molecule has 21 heavy (non-hydrogen) atoms. The molecule has 0 saturated carbocycles. The lowest BCUT2D eigenvalue weighted by Gasteiger charge is -2.07. The van der Waals surface area contributed by atoms with Crippen LogP contribution in [-0.2, 0) is 4.79 Å². The van der Waals surface area contributed by atoms with Crippen molar-refractivity contribution in [2.75, 3.05) is 11.9 Å². The SMILES string of the molecule is CN1C(=O)C(=Cc2c[nH]c3ccccc23)c2ccccc21. The molecule has 3 aromatic rings. The van der Waals surface area contributed by atoms with Crippen LogP contribution in [0.2, 0.25) is 0 Å². The van der Waals surface area contributed by atoms with Gasteiger partial charge in [0.05, 0.1) is 5.69 Å². The van der Waals surface area contributed by atoms with Gasteiger partial charge in [-0.15, -0.1) is 0 Å². The second-order valence-electron chi connectivity index (χ2n) is 5.23. The quantitative estimate of drug-likeness (QED) is 0.675. The van der Waals surface area contributed by atoms with E-state index in [1.807, 2.05) is 61.8 Å². The van der Waals surface area contributed by atoms with Crippen LogP contribution in [0.5, 0.6) is 0 Å². The van der Waals surface area contributed by atoms with E-state index < -0.39 is 0 Å². The molecule has 0 radical (unpaired) electrons. The number of rotatable bonds is 1. The molecule has 1 aliphatic heterocycles. The third kappa shape index (κ3) is 1.71. The predicted octanol–water partition coefficient (Wildman–Crippen LogP) is 3.68. The summed E-state index contributed by atoms with van der Waals surface area (Å²) in [4.78, 5) is 17.4. The molecule has 3 nitrogen and oxygen atoms in total. The van der Waals surface area contributed by atoms with Crippen LogP contribution in [0.4, 0.5) is 5.69 Å². The molecule has 0 aliphatic carbocycles. The summed E-state index contributed by atoms with van der Waals surface area (Å²) >= 11 is 0. The third-order valence-corrected chi connectivity index (χ3v) is 4.01. The van der Waals surface area contributed by atoms with E-state index >= 15 is 0 Å². The van der Waals surface area contributed by atoms with Gasteiger partial charge in [0.25, 0.3) is 5.91 Å². The summed E-state index contributed by atoms with van der Waals surface area (Å²) in [5.74, 6) is 0.0430. The number of hydrogen-bond donors (Lipinski definition) is 1. The van der Waals surface area contributed by atoms with E-state index in [1.165, 1.54) is 0 Å². The molecule has 2 heterocycles. The summed E-state index contributed by atoms with van der Waals surface area (Å²) in [5, 5.41) is 1.13. The summed E-state index contributed by atoms with van der Waals surface area (Å²) < 4.78 is 0. The fraction of sp³-hybridized carbons (Fsp3) is 0.0556. The van der Waals surface area contributed by atoms with Crippen molar-refractivity contribution >= 4 is 34.1 Å². The highest BCUT2D eigenvalue weighted by molar-refractivity contribution is 6.36. The van der Waals surface area contributed by atoms with Gasteiger partial charge in [-0.1, -0.05) is 36.4 Å². The molecule has 0 spiro atoms. The van der Waals surface area contributed by atoms with Crippen molar-refractivity contribution in [2.24, 2.45) is 0 Å². The lowest BCUT2D eigenvalue weighted by molar-refractivity contribution is -0.112. The average molecular weight is 274 g/mol. The molecule has 2 aromatic carbocycles. The minimum atomic E-state index is 0.0430. The maximum Gasteiger partial charge on any atom is 0.258 e. The molecule has 0 fully saturated rings. The van der Waals surface area contributed by atoms with Crippen LogP contribution in [0.15, 0.2) is 54.7 Å². The first-order valence-corrected chi connectivity index (χ1v) is 6.91. The number of hydrogen-bond acceptors (Lipinski definition) is 1. The van der Waals surface area contributed by atoms with E-state index in [0.29, 0.717) is 0 Å². The highest BCUT2D eigenvalue weighted by Crippen LogP contribution is 2.37. The fourth-order valence-electron chi connectivity index (χ4n) is 2.91. The molecule has 0 bridgehead atoms. The van der Waals surface area contributed by atoms with Crippen molar-refractivity contribution in [3.05, 3.63) is 65.9 Å². The standard InChI is InChI=1S/C18H14N2O/c1-20-17-9-5-3-7-14(17)15(18(20)21)10-12-11-19-16-8-4-2-6-13(12)16/h2-11,19H,1H3. The molecular formula is C18H14N2O. The predicted molar refractivity (Wildman–Crippen MR) is 86.0 cm³/mol. The van der Waals surface area contributed by atoms with E-state index in [4.69, 9.17) is 0 Å². The number of benzene rings is 2. The lowest BCUT2D eigenvalue weighted by atomic mass is 10.0. The van der Waals surface area contributed by atoms with Crippen LogP contribution in [0.25, 0.3) is 22.6 Å². The first-order valence-electron chi connectivity index (χ1n) is 6.91. The highest BCUT2D eigenvalue weighted by atomic mass is 16.2. The van der Waals surface area contributed by atoms with Crippen molar-refractivity contribution in [1.82, 2.24) is 4.98 Å². The van der Waals surface area contributed by atoms with Crippen LogP contribution in [0.3, 0.4) is 0 Å². The van der Waals surface area contributed by atoms with Gasteiger partial charge in [-0.25, -0.2) is 0 Å². The number of carbonyl (C=O) groups is 1.